The van der Waals surface area contributed by atoms with E-state index >= 15 is 0 Å². The predicted octanol–water partition coefficient (Wildman–Crippen LogP) is 13.1. The molecule has 0 aromatic heterocycles. The molecule has 0 radical (unpaired) electrons. The molecule has 4 unspecified atom stereocenters. The van der Waals surface area contributed by atoms with E-state index in [2.05, 4.69) is 27.7 Å². The fraction of sp³-hybridized carbons (Fsp3) is 0.885. The summed E-state index contributed by atoms with van der Waals surface area (Å²) in [5.41, 5.74) is 0. The van der Waals surface area contributed by atoms with Crippen LogP contribution in [0.1, 0.15) is 259 Å². The number of carbonyl (C=O) groups excluding carboxylic acids is 6. The van der Waals surface area contributed by atoms with E-state index < -0.39 is 36.4 Å². The highest BCUT2D eigenvalue weighted by Gasteiger charge is 2.35. The minimum atomic E-state index is -1.13. The number of methoxy groups -OCH3 is 2. The third-order valence-electron chi connectivity index (χ3n) is 11.9. The molecule has 0 spiro atoms. The molecular weight excluding hydrogens is 817 g/mol. The first kappa shape index (κ1) is 60.8. The number of rotatable bonds is 44. The molecule has 0 aromatic rings. The molecule has 0 bridgehead atoms. The second-order valence-electron chi connectivity index (χ2n) is 17.7. The van der Waals surface area contributed by atoms with E-state index in [0.717, 1.165) is 154 Å². The number of hydrogen-bond acceptors (Lipinski definition) is 12. The Kier molecular flexibility index (Phi) is 41.5. The van der Waals surface area contributed by atoms with Crippen LogP contribution in [0.15, 0.2) is 0 Å². The third kappa shape index (κ3) is 35.1. The van der Waals surface area contributed by atoms with Gasteiger partial charge in [-0.15, -0.1) is 0 Å². The normalized spacial score (nSPS) is 13.0. The van der Waals surface area contributed by atoms with Crippen LogP contribution in [0.3, 0.4) is 0 Å². The highest BCUT2D eigenvalue weighted by Crippen LogP contribution is 2.25. The maximum Gasteiger partial charge on any atom is 0.417 e. The van der Waals surface area contributed by atoms with Crippen molar-refractivity contribution in [2.24, 2.45) is 0 Å². The van der Waals surface area contributed by atoms with Gasteiger partial charge in [-0.3, -0.25) is 19.2 Å². The predicted molar refractivity (Wildman–Crippen MR) is 252 cm³/mol. The first-order valence-corrected chi connectivity index (χ1v) is 26.0. The van der Waals surface area contributed by atoms with Gasteiger partial charge in [0.25, 0.3) is 0 Å². The average molecular weight is 911 g/mol. The highest BCUT2D eigenvalue weighted by atomic mass is 16.6. The average Bonchev–Trinajstić information content (AvgIpc) is 3.28. The molecule has 0 rings (SSSR count). The van der Waals surface area contributed by atoms with Gasteiger partial charge in [-0.05, 0) is 77.0 Å². The number of ether oxygens (including phenoxy) is 6. The van der Waals surface area contributed by atoms with Gasteiger partial charge in [-0.25, -0.2) is 9.59 Å². The summed E-state index contributed by atoms with van der Waals surface area (Å²) in [6, 6.07) is 0. The molecule has 0 saturated carbocycles. The van der Waals surface area contributed by atoms with Crippen LogP contribution in [0.5, 0.6) is 0 Å². The van der Waals surface area contributed by atoms with Gasteiger partial charge in [-0.2, -0.15) is 0 Å². The molecule has 374 valence electrons. The van der Waals surface area contributed by atoms with Gasteiger partial charge >= 0.3 is 35.8 Å². The minimum Gasteiger partial charge on any atom is -0.469 e. The van der Waals surface area contributed by atoms with Gasteiger partial charge in [-0.1, -0.05) is 156 Å². The third-order valence-corrected chi connectivity index (χ3v) is 11.9. The SMILES string of the molecule is CCCCCCCCC(OC(=O)CCCCC)C(CCCCCCCC(=O)OC)OC(=O)C(=O)OC(CCCCCCCC)C(CCCCCCCC(=O)OC)OC(=O)CCCCC. The standard InChI is InChI=1S/C52H94O12/c1-7-11-15-17-21-29-35-43(61-49(55)41-27-13-9-3)46(38-32-24-20-26-34-40-48(54)60-6)64-52(58)51(57)63-45(37-31-22-18-16-12-8-2)44(62-50(56)42-28-14-10-4)36-30-23-19-25-33-39-47(53)59-5/h43-46H,7-42H2,1-6H3. The minimum absolute atomic E-state index is 0.222. The van der Waals surface area contributed by atoms with E-state index in [4.69, 9.17) is 28.4 Å². The second-order valence-corrected chi connectivity index (χ2v) is 17.7. The van der Waals surface area contributed by atoms with Crippen molar-refractivity contribution in [3.8, 4) is 0 Å². The Morgan fingerprint density at radius 3 is 0.797 bits per heavy atom. The molecule has 0 aliphatic rings. The van der Waals surface area contributed by atoms with Gasteiger partial charge in [0.15, 0.2) is 0 Å². The summed E-state index contributed by atoms with van der Waals surface area (Å²) in [6.07, 6.45) is 25.4. The molecular formula is C52H94O12. The highest BCUT2D eigenvalue weighted by molar-refractivity contribution is 6.29. The first-order valence-electron chi connectivity index (χ1n) is 26.0. The Morgan fingerprint density at radius 2 is 0.500 bits per heavy atom. The Labute approximate surface area is 389 Å². The Bertz CT molecular complexity index is 1190. The van der Waals surface area contributed by atoms with Gasteiger partial charge in [0, 0.05) is 25.7 Å². The lowest BCUT2D eigenvalue weighted by Gasteiger charge is -2.29. The van der Waals surface area contributed by atoms with Crippen LogP contribution in [0.2, 0.25) is 0 Å². The number of esters is 6. The lowest BCUT2D eigenvalue weighted by molar-refractivity contribution is -0.187. The van der Waals surface area contributed by atoms with E-state index in [0.29, 0.717) is 64.2 Å². The van der Waals surface area contributed by atoms with Crippen molar-refractivity contribution in [2.45, 2.75) is 283 Å². The van der Waals surface area contributed by atoms with Crippen molar-refractivity contribution in [3.63, 3.8) is 0 Å². The topological polar surface area (TPSA) is 158 Å². The molecule has 0 N–H and O–H groups in total. The molecule has 12 nitrogen and oxygen atoms in total. The molecule has 4 atom stereocenters. The van der Waals surface area contributed by atoms with Crippen molar-refractivity contribution in [1.29, 1.82) is 0 Å². The van der Waals surface area contributed by atoms with Crippen molar-refractivity contribution in [2.75, 3.05) is 14.2 Å². The zero-order chi connectivity index (χ0) is 47.5. The maximum atomic E-state index is 13.9. The van der Waals surface area contributed by atoms with Crippen LogP contribution in [-0.2, 0) is 57.2 Å². The second kappa shape index (κ2) is 43.7. The molecule has 0 aliphatic carbocycles. The summed E-state index contributed by atoms with van der Waals surface area (Å²) in [5, 5.41) is 0. The van der Waals surface area contributed by atoms with E-state index in [1.165, 1.54) is 14.2 Å². The van der Waals surface area contributed by atoms with Gasteiger partial charge < -0.3 is 28.4 Å². The fourth-order valence-corrected chi connectivity index (χ4v) is 7.89. The summed E-state index contributed by atoms with van der Waals surface area (Å²) < 4.78 is 33.8. The Balaban J connectivity index is 6.34. The quantitative estimate of drug-likeness (QED) is 0.0247. The van der Waals surface area contributed by atoms with Gasteiger partial charge in [0.05, 0.1) is 14.2 Å². The van der Waals surface area contributed by atoms with Crippen molar-refractivity contribution < 1.29 is 57.2 Å². The molecule has 0 aromatic carbocycles. The van der Waals surface area contributed by atoms with Gasteiger partial charge in [0.2, 0.25) is 0 Å². The zero-order valence-electron chi connectivity index (χ0n) is 41.7. The van der Waals surface area contributed by atoms with E-state index in [1.54, 1.807) is 0 Å². The Morgan fingerprint density at radius 1 is 0.281 bits per heavy atom. The summed E-state index contributed by atoms with van der Waals surface area (Å²) in [6.45, 7) is 8.49. The molecule has 0 amide bonds. The summed E-state index contributed by atoms with van der Waals surface area (Å²) >= 11 is 0. The van der Waals surface area contributed by atoms with Gasteiger partial charge in [0.1, 0.15) is 24.4 Å². The van der Waals surface area contributed by atoms with E-state index in [1.807, 2.05) is 0 Å². The van der Waals surface area contributed by atoms with Crippen LogP contribution < -0.4 is 0 Å². The molecule has 0 fully saturated rings. The summed E-state index contributed by atoms with van der Waals surface area (Å²) in [7, 11) is 2.78. The van der Waals surface area contributed by atoms with Crippen LogP contribution in [0.4, 0.5) is 0 Å². The summed E-state index contributed by atoms with van der Waals surface area (Å²) in [5.74, 6) is -3.39. The Hall–Kier alpha value is -3.18. The van der Waals surface area contributed by atoms with Crippen molar-refractivity contribution >= 4 is 35.8 Å². The van der Waals surface area contributed by atoms with Crippen LogP contribution in [0, 0.1) is 0 Å². The maximum absolute atomic E-state index is 13.9. The molecule has 0 aliphatic heterocycles. The first-order chi connectivity index (χ1) is 31.1. The lowest BCUT2D eigenvalue weighted by Crippen LogP contribution is -2.40. The number of hydrogen-bond donors (Lipinski definition) is 0. The van der Waals surface area contributed by atoms with Crippen LogP contribution in [0.25, 0.3) is 0 Å². The fourth-order valence-electron chi connectivity index (χ4n) is 7.89. The van der Waals surface area contributed by atoms with Crippen molar-refractivity contribution in [3.05, 3.63) is 0 Å². The largest absolute Gasteiger partial charge is 0.469 e. The molecule has 12 heteroatoms. The van der Waals surface area contributed by atoms with Crippen LogP contribution >= 0.6 is 0 Å². The summed E-state index contributed by atoms with van der Waals surface area (Å²) in [4.78, 5) is 77.3. The molecule has 0 saturated heterocycles. The number of unbranched alkanes of at least 4 members (excludes halogenated alkanes) is 22. The smallest absolute Gasteiger partial charge is 0.417 e. The van der Waals surface area contributed by atoms with Crippen LogP contribution in [-0.4, -0.2) is 74.5 Å². The molecule has 64 heavy (non-hydrogen) atoms. The lowest BCUT2D eigenvalue weighted by atomic mass is 9.98. The molecule has 0 heterocycles. The zero-order valence-corrected chi connectivity index (χ0v) is 41.7. The van der Waals surface area contributed by atoms with E-state index in [-0.39, 0.29) is 36.7 Å². The monoisotopic (exact) mass is 911 g/mol. The van der Waals surface area contributed by atoms with E-state index in [9.17, 15) is 28.8 Å². The van der Waals surface area contributed by atoms with Crippen molar-refractivity contribution in [1.82, 2.24) is 0 Å². The number of carbonyl (C=O) groups is 6.